The highest BCUT2D eigenvalue weighted by molar-refractivity contribution is 6.14. The Morgan fingerprint density at radius 1 is 1.28 bits per heavy atom. The molecule has 0 fully saturated rings. The number of amides is 2. The summed E-state index contributed by atoms with van der Waals surface area (Å²) in [7, 11) is 0. The van der Waals surface area contributed by atoms with Crippen molar-refractivity contribution in [1.29, 1.82) is 0 Å². The molecule has 29 heavy (non-hydrogen) atoms. The van der Waals surface area contributed by atoms with Crippen LogP contribution >= 0.6 is 0 Å². The molecule has 1 aliphatic rings. The van der Waals surface area contributed by atoms with Gasteiger partial charge in [0.05, 0.1) is 17.4 Å². The first-order valence-corrected chi connectivity index (χ1v) is 8.53. The molecule has 0 saturated heterocycles. The molecule has 10 nitrogen and oxygen atoms in total. The number of carbonyl (C=O) groups is 3. The molecule has 3 rings (SSSR count). The van der Waals surface area contributed by atoms with E-state index in [-0.39, 0.29) is 11.7 Å². The van der Waals surface area contributed by atoms with Crippen LogP contribution in [-0.4, -0.2) is 34.9 Å². The number of anilines is 2. The molecule has 10 heteroatoms. The van der Waals surface area contributed by atoms with Crippen LogP contribution in [0.1, 0.15) is 19.6 Å². The van der Waals surface area contributed by atoms with Crippen LogP contribution in [0.5, 0.6) is 0 Å². The lowest BCUT2D eigenvalue weighted by atomic mass is 9.96. The molecule has 0 atom stereocenters. The van der Waals surface area contributed by atoms with Crippen LogP contribution in [0.3, 0.4) is 0 Å². The van der Waals surface area contributed by atoms with Crippen LogP contribution in [0.4, 0.5) is 17.3 Å². The molecule has 0 saturated carbocycles. The van der Waals surface area contributed by atoms with Gasteiger partial charge in [0, 0.05) is 6.08 Å². The van der Waals surface area contributed by atoms with Crippen molar-refractivity contribution in [2.24, 2.45) is 0 Å². The lowest BCUT2D eigenvalue weighted by Crippen LogP contribution is -2.59. The predicted octanol–water partition coefficient (Wildman–Crippen LogP) is 2.51. The van der Waals surface area contributed by atoms with Crippen molar-refractivity contribution in [3.63, 3.8) is 0 Å². The van der Waals surface area contributed by atoms with Crippen molar-refractivity contribution in [2.45, 2.75) is 19.4 Å². The fraction of sp³-hybridized carbons (Fsp3) is 0.211. The molecule has 1 aliphatic heterocycles. The first kappa shape index (κ1) is 19.8. The lowest BCUT2D eigenvalue weighted by molar-refractivity contribution is -0.402. The number of hydrogen-bond acceptors (Lipinski definition) is 7. The van der Waals surface area contributed by atoms with Crippen LogP contribution in [-0.2, 0) is 19.1 Å². The minimum Gasteiger partial charge on any atom is -0.452 e. The van der Waals surface area contributed by atoms with Crippen molar-refractivity contribution in [3.8, 4) is 0 Å². The van der Waals surface area contributed by atoms with Gasteiger partial charge in [-0.1, -0.05) is 12.1 Å². The Hall–Kier alpha value is -3.95. The molecule has 150 valence electrons. The van der Waals surface area contributed by atoms with E-state index in [1.54, 1.807) is 38.1 Å². The molecule has 0 radical (unpaired) electrons. The molecule has 0 unspecified atom stereocenters. The highest BCUT2D eigenvalue weighted by Crippen LogP contribution is 2.36. The van der Waals surface area contributed by atoms with Gasteiger partial charge in [-0.3, -0.25) is 24.6 Å². The molecule has 2 amide bonds. The van der Waals surface area contributed by atoms with Crippen LogP contribution in [0.15, 0.2) is 46.9 Å². The van der Waals surface area contributed by atoms with Crippen LogP contribution in [0, 0.1) is 10.1 Å². The fourth-order valence-electron chi connectivity index (χ4n) is 2.82. The van der Waals surface area contributed by atoms with Crippen LogP contribution < -0.4 is 10.2 Å². The minimum absolute atomic E-state index is 0.0859. The normalized spacial score (nSPS) is 15.0. The summed E-state index contributed by atoms with van der Waals surface area (Å²) >= 11 is 0. The average Bonchev–Trinajstić information content (AvgIpc) is 3.15. The van der Waals surface area contributed by atoms with Crippen molar-refractivity contribution >= 4 is 41.1 Å². The van der Waals surface area contributed by atoms with E-state index in [0.29, 0.717) is 11.4 Å². The first-order valence-electron chi connectivity index (χ1n) is 8.53. The Morgan fingerprint density at radius 3 is 2.69 bits per heavy atom. The third kappa shape index (κ3) is 4.00. The highest BCUT2D eigenvalue weighted by atomic mass is 16.6. The smallest absolute Gasteiger partial charge is 0.433 e. The number of hydrogen-bond donors (Lipinski definition) is 1. The first-order chi connectivity index (χ1) is 13.7. The molecule has 1 N–H and O–H groups in total. The van der Waals surface area contributed by atoms with Gasteiger partial charge in [0.1, 0.15) is 16.2 Å². The molecule has 2 aromatic rings. The second kappa shape index (κ2) is 7.58. The Bertz CT molecular complexity index is 1020. The Kier molecular flexibility index (Phi) is 5.18. The molecule has 1 aromatic carbocycles. The molecule has 0 spiro atoms. The number of para-hydroxylation sites is 2. The van der Waals surface area contributed by atoms with Crippen LogP contribution in [0.2, 0.25) is 0 Å². The zero-order valence-electron chi connectivity index (χ0n) is 15.6. The van der Waals surface area contributed by atoms with E-state index in [4.69, 9.17) is 9.15 Å². The number of nitro groups is 1. The standard InChI is InChI=1S/C19H17N3O7/c1-19(2)18(25)20-13-5-3-4-6-14(13)21(19)15(23)11-28-17(24)10-8-12-7-9-16(29-12)22(26)27/h3-10H,11H2,1-2H3,(H,20,25)/b10-8+. The minimum atomic E-state index is -1.18. The maximum atomic E-state index is 12.7. The van der Waals surface area contributed by atoms with Gasteiger partial charge >= 0.3 is 11.9 Å². The zero-order valence-corrected chi connectivity index (χ0v) is 15.6. The van der Waals surface area contributed by atoms with Gasteiger partial charge in [0.2, 0.25) is 5.91 Å². The molecule has 0 bridgehead atoms. The van der Waals surface area contributed by atoms with Gasteiger partial charge in [-0.15, -0.1) is 0 Å². The van der Waals surface area contributed by atoms with Crippen molar-refractivity contribution in [1.82, 2.24) is 0 Å². The highest BCUT2D eigenvalue weighted by Gasteiger charge is 2.43. The van der Waals surface area contributed by atoms with Crippen molar-refractivity contribution < 1.29 is 28.5 Å². The summed E-state index contributed by atoms with van der Waals surface area (Å²) in [5.41, 5.74) is -0.201. The quantitative estimate of drug-likeness (QED) is 0.353. The summed E-state index contributed by atoms with van der Waals surface area (Å²) in [5.74, 6) is -2.16. The third-order valence-electron chi connectivity index (χ3n) is 4.27. The number of fused-ring (bicyclic) bond motifs is 1. The van der Waals surface area contributed by atoms with E-state index in [9.17, 15) is 24.5 Å². The van der Waals surface area contributed by atoms with Gasteiger partial charge < -0.3 is 14.5 Å². The van der Waals surface area contributed by atoms with Gasteiger partial charge in [-0.2, -0.15) is 0 Å². The Morgan fingerprint density at radius 2 is 2.00 bits per heavy atom. The summed E-state index contributed by atoms with van der Waals surface area (Å²) in [6, 6.07) is 9.27. The largest absolute Gasteiger partial charge is 0.452 e. The van der Waals surface area contributed by atoms with E-state index in [1.807, 2.05) is 0 Å². The number of furan rings is 1. The SMILES string of the molecule is CC1(C)C(=O)Nc2ccccc2N1C(=O)COC(=O)/C=C/c1ccc([N+](=O)[O-])o1. The van der Waals surface area contributed by atoms with E-state index in [2.05, 4.69) is 5.32 Å². The summed E-state index contributed by atoms with van der Waals surface area (Å²) in [5, 5.41) is 13.3. The molecular formula is C19H17N3O7. The van der Waals surface area contributed by atoms with Gasteiger partial charge in [-0.05, 0) is 38.1 Å². The number of carbonyl (C=O) groups excluding carboxylic acids is 3. The van der Waals surface area contributed by atoms with E-state index in [0.717, 1.165) is 12.1 Å². The summed E-state index contributed by atoms with van der Waals surface area (Å²) < 4.78 is 9.83. The number of esters is 1. The molecular weight excluding hydrogens is 382 g/mol. The Balaban J connectivity index is 1.68. The van der Waals surface area contributed by atoms with Crippen molar-refractivity contribution in [2.75, 3.05) is 16.8 Å². The van der Waals surface area contributed by atoms with Gasteiger partial charge in [0.25, 0.3) is 5.91 Å². The Labute approximate surface area is 164 Å². The maximum absolute atomic E-state index is 12.7. The number of ether oxygens (including phenoxy) is 1. The third-order valence-corrected chi connectivity index (χ3v) is 4.27. The maximum Gasteiger partial charge on any atom is 0.433 e. The van der Waals surface area contributed by atoms with Gasteiger partial charge in [0.15, 0.2) is 6.61 Å². The number of nitrogens with zero attached hydrogens (tertiary/aromatic N) is 2. The van der Waals surface area contributed by atoms with Gasteiger partial charge in [-0.25, -0.2) is 4.79 Å². The van der Waals surface area contributed by atoms with Crippen LogP contribution in [0.25, 0.3) is 6.08 Å². The summed E-state index contributed by atoms with van der Waals surface area (Å²) in [4.78, 5) is 48.1. The monoisotopic (exact) mass is 399 g/mol. The second-order valence-corrected chi connectivity index (χ2v) is 6.63. The fourth-order valence-corrected chi connectivity index (χ4v) is 2.82. The topological polar surface area (TPSA) is 132 Å². The summed E-state index contributed by atoms with van der Waals surface area (Å²) in [6.07, 6.45) is 2.17. The van der Waals surface area contributed by atoms with Crippen molar-refractivity contribution in [3.05, 3.63) is 58.3 Å². The number of nitrogens with one attached hydrogen (secondary N) is 1. The van der Waals surface area contributed by atoms with E-state index < -0.39 is 34.8 Å². The molecule has 2 heterocycles. The lowest BCUT2D eigenvalue weighted by Gasteiger charge is -2.41. The number of rotatable bonds is 5. The van der Waals surface area contributed by atoms with E-state index >= 15 is 0 Å². The average molecular weight is 399 g/mol. The number of benzene rings is 1. The predicted molar refractivity (Wildman–Crippen MR) is 102 cm³/mol. The molecule has 1 aromatic heterocycles. The molecule has 0 aliphatic carbocycles. The second-order valence-electron chi connectivity index (χ2n) is 6.63. The zero-order chi connectivity index (χ0) is 21.2. The summed E-state index contributed by atoms with van der Waals surface area (Å²) in [6.45, 7) is 2.58. The van der Waals surface area contributed by atoms with E-state index in [1.165, 1.54) is 17.0 Å².